The number of sulfone groups is 1. The SMILES string of the molecule is COCCn1c(CN(CC2CC2)C(=O)C(C)C)cnc1S(=O)(=O)Cc1ccc(F)cc1. The van der Waals surface area contributed by atoms with Gasteiger partial charge in [0.15, 0.2) is 0 Å². The van der Waals surface area contributed by atoms with Gasteiger partial charge in [-0.2, -0.15) is 0 Å². The van der Waals surface area contributed by atoms with Crippen LogP contribution in [0, 0.1) is 17.7 Å². The number of amides is 1. The largest absolute Gasteiger partial charge is 0.383 e. The first kappa shape index (κ1) is 23.4. The fraction of sp³-hybridized carbons (Fsp3) is 0.545. The second-order valence-corrected chi connectivity index (χ2v) is 10.3. The lowest BCUT2D eigenvalue weighted by atomic mass is 10.1. The van der Waals surface area contributed by atoms with E-state index in [1.54, 1.807) is 16.6 Å². The van der Waals surface area contributed by atoms with Gasteiger partial charge in [0.25, 0.3) is 0 Å². The van der Waals surface area contributed by atoms with E-state index in [0.29, 0.717) is 43.4 Å². The third-order valence-electron chi connectivity index (χ3n) is 5.30. The molecule has 1 aromatic carbocycles. The summed E-state index contributed by atoms with van der Waals surface area (Å²) >= 11 is 0. The van der Waals surface area contributed by atoms with Crippen LogP contribution in [0.5, 0.6) is 0 Å². The molecule has 0 radical (unpaired) electrons. The minimum atomic E-state index is -3.78. The van der Waals surface area contributed by atoms with Crippen molar-refractivity contribution in [3.63, 3.8) is 0 Å². The minimum absolute atomic E-state index is 0.0436. The normalized spacial score (nSPS) is 14.2. The molecule has 7 nitrogen and oxygen atoms in total. The van der Waals surface area contributed by atoms with E-state index in [4.69, 9.17) is 4.74 Å². The second-order valence-electron chi connectivity index (χ2n) is 8.38. The van der Waals surface area contributed by atoms with Crippen molar-refractivity contribution in [1.29, 1.82) is 0 Å². The van der Waals surface area contributed by atoms with Gasteiger partial charge in [-0.15, -0.1) is 0 Å². The van der Waals surface area contributed by atoms with Crippen molar-refractivity contribution in [3.05, 3.63) is 47.5 Å². The van der Waals surface area contributed by atoms with Gasteiger partial charge >= 0.3 is 0 Å². The molecule has 0 N–H and O–H groups in total. The van der Waals surface area contributed by atoms with Crippen molar-refractivity contribution in [2.75, 3.05) is 20.3 Å². The topological polar surface area (TPSA) is 81.5 Å². The van der Waals surface area contributed by atoms with Crippen LogP contribution >= 0.6 is 0 Å². The molecule has 1 aliphatic carbocycles. The Hall–Kier alpha value is -2.26. The summed E-state index contributed by atoms with van der Waals surface area (Å²) in [7, 11) is -2.23. The average molecular weight is 452 g/mol. The van der Waals surface area contributed by atoms with Crippen LogP contribution in [-0.2, 0) is 38.2 Å². The summed E-state index contributed by atoms with van der Waals surface area (Å²) < 4.78 is 46.2. The molecule has 1 aliphatic rings. The molecule has 170 valence electrons. The number of rotatable bonds is 11. The number of hydrogen-bond donors (Lipinski definition) is 0. The highest BCUT2D eigenvalue weighted by Crippen LogP contribution is 2.31. The van der Waals surface area contributed by atoms with E-state index in [0.717, 1.165) is 12.8 Å². The Kier molecular flexibility index (Phi) is 7.48. The maximum absolute atomic E-state index is 13.2. The number of carbonyl (C=O) groups excluding carboxylic acids is 1. The van der Waals surface area contributed by atoms with Crippen molar-refractivity contribution in [2.45, 2.75) is 50.7 Å². The predicted molar refractivity (Wildman–Crippen MR) is 114 cm³/mol. The van der Waals surface area contributed by atoms with Gasteiger partial charge in [0.1, 0.15) is 5.82 Å². The molecule has 1 saturated carbocycles. The van der Waals surface area contributed by atoms with E-state index in [-0.39, 0.29) is 22.7 Å². The van der Waals surface area contributed by atoms with Crippen LogP contribution in [0.15, 0.2) is 35.6 Å². The van der Waals surface area contributed by atoms with Gasteiger partial charge in [-0.1, -0.05) is 26.0 Å². The Bertz CT molecular complexity index is 998. The maximum Gasteiger partial charge on any atom is 0.228 e. The first-order valence-corrected chi connectivity index (χ1v) is 12.2. The number of carbonyl (C=O) groups is 1. The molecule has 1 fully saturated rings. The van der Waals surface area contributed by atoms with Gasteiger partial charge in [-0.05, 0) is 36.5 Å². The summed E-state index contributed by atoms with van der Waals surface area (Å²) in [4.78, 5) is 18.7. The van der Waals surface area contributed by atoms with Crippen molar-refractivity contribution in [3.8, 4) is 0 Å². The third-order valence-corrected chi connectivity index (χ3v) is 6.90. The van der Waals surface area contributed by atoms with E-state index in [1.165, 1.54) is 30.5 Å². The van der Waals surface area contributed by atoms with Crippen LogP contribution in [0.1, 0.15) is 37.9 Å². The molecule has 0 aliphatic heterocycles. The summed E-state index contributed by atoms with van der Waals surface area (Å²) in [5, 5.41) is -0.0627. The molecule has 2 aromatic rings. The highest BCUT2D eigenvalue weighted by Gasteiger charge is 2.30. The molecular weight excluding hydrogens is 421 g/mol. The van der Waals surface area contributed by atoms with Gasteiger partial charge in [0.05, 0.1) is 30.8 Å². The van der Waals surface area contributed by atoms with Crippen LogP contribution in [0.4, 0.5) is 4.39 Å². The summed E-state index contributed by atoms with van der Waals surface area (Å²) in [5.41, 5.74) is 1.14. The smallest absolute Gasteiger partial charge is 0.228 e. The summed E-state index contributed by atoms with van der Waals surface area (Å²) in [6.45, 7) is 5.31. The van der Waals surface area contributed by atoms with E-state index in [1.807, 2.05) is 13.8 Å². The van der Waals surface area contributed by atoms with Gasteiger partial charge < -0.3 is 14.2 Å². The minimum Gasteiger partial charge on any atom is -0.383 e. The van der Waals surface area contributed by atoms with Gasteiger partial charge in [-0.3, -0.25) is 4.79 Å². The van der Waals surface area contributed by atoms with Crippen LogP contribution in [0.2, 0.25) is 0 Å². The number of imidazole rings is 1. The second kappa shape index (κ2) is 9.91. The molecule has 0 atom stereocenters. The van der Waals surface area contributed by atoms with E-state index in [9.17, 15) is 17.6 Å². The van der Waals surface area contributed by atoms with E-state index < -0.39 is 15.7 Å². The van der Waals surface area contributed by atoms with E-state index in [2.05, 4.69) is 4.98 Å². The molecule has 1 amide bonds. The lowest BCUT2D eigenvalue weighted by molar-refractivity contribution is -0.135. The number of hydrogen-bond acceptors (Lipinski definition) is 5. The first-order valence-electron chi connectivity index (χ1n) is 10.5. The molecule has 3 rings (SSSR count). The van der Waals surface area contributed by atoms with Crippen molar-refractivity contribution >= 4 is 15.7 Å². The Morgan fingerprint density at radius 1 is 1.29 bits per heavy atom. The van der Waals surface area contributed by atoms with Crippen LogP contribution in [0.25, 0.3) is 0 Å². The zero-order valence-electron chi connectivity index (χ0n) is 18.3. The number of ether oxygens (including phenoxy) is 1. The summed E-state index contributed by atoms with van der Waals surface area (Å²) in [5.74, 6) is -0.291. The molecule has 0 unspecified atom stereocenters. The number of benzene rings is 1. The Morgan fingerprint density at radius 2 is 1.97 bits per heavy atom. The average Bonchev–Trinajstić information content (AvgIpc) is 3.44. The van der Waals surface area contributed by atoms with Gasteiger partial charge in [-0.25, -0.2) is 17.8 Å². The first-order chi connectivity index (χ1) is 14.7. The zero-order chi connectivity index (χ0) is 22.6. The lowest BCUT2D eigenvalue weighted by Crippen LogP contribution is -2.36. The summed E-state index contributed by atoms with van der Waals surface area (Å²) in [6, 6.07) is 5.38. The molecule has 0 spiro atoms. The molecular formula is C22H30FN3O4S. The fourth-order valence-electron chi connectivity index (χ4n) is 3.46. The molecule has 1 heterocycles. The van der Waals surface area contributed by atoms with Crippen LogP contribution in [-0.4, -0.2) is 49.0 Å². The monoisotopic (exact) mass is 451 g/mol. The van der Waals surface area contributed by atoms with E-state index >= 15 is 0 Å². The van der Waals surface area contributed by atoms with Crippen molar-refractivity contribution in [2.24, 2.45) is 11.8 Å². The van der Waals surface area contributed by atoms with Gasteiger partial charge in [0.2, 0.25) is 20.9 Å². The van der Waals surface area contributed by atoms with Crippen LogP contribution in [0.3, 0.4) is 0 Å². The highest BCUT2D eigenvalue weighted by atomic mass is 32.2. The molecule has 0 bridgehead atoms. The molecule has 31 heavy (non-hydrogen) atoms. The molecule has 9 heteroatoms. The molecule has 0 saturated heterocycles. The third kappa shape index (κ3) is 6.13. The number of halogens is 1. The maximum atomic E-state index is 13.2. The number of aromatic nitrogens is 2. The molecule has 1 aromatic heterocycles. The van der Waals surface area contributed by atoms with Crippen LogP contribution < -0.4 is 0 Å². The van der Waals surface area contributed by atoms with Crippen molar-refractivity contribution < 1.29 is 22.3 Å². The van der Waals surface area contributed by atoms with Crippen molar-refractivity contribution in [1.82, 2.24) is 14.5 Å². The Morgan fingerprint density at radius 3 is 2.55 bits per heavy atom. The number of nitrogens with zero attached hydrogens (tertiary/aromatic N) is 3. The number of methoxy groups -OCH3 is 1. The zero-order valence-corrected chi connectivity index (χ0v) is 19.1. The van der Waals surface area contributed by atoms with Gasteiger partial charge in [0, 0.05) is 26.1 Å². The fourth-order valence-corrected chi connectivity index (χ4v) is 4.98. The summed E-state index contributed by atoms with van der Waals surface area (Å²) in [6.07, 6.45) is 3.75. The highest BCUT2D eigenvalue weighted by molar-refractivity contribution is 7.90. The quantitative estimate of drug-likeness (QED) is 0.525. The predicted octanol–water partition coefficient (Wildman–Crippen LogP) is 3.04. The standard InChI is InChI=1S/C22H30FN3O4S/c1-16(2)21(27)25(13-17-4-5-17)14-20-12-24-22(26(20)10-11-30-3)31(28,29)15-18-6-8-19(23)9-7-18/h6-9,12,16-17H,4-5,10-11,13-15H2,1-3H3. The Balaban J connectivity index is 1.89. The lowest BCUT2D eigenvalue weighted by Gasteiger charge is -2.25. The Labute approximate surface area is 183 Å².